The van der Waals surface area contributed by atoms with Crippen molar-refractivity contribution in [1.82, 2.24) is 10.2 Å². The molecule has 0 radical (unpaired) electrons. The summed E-state index contributed by atoms with van der Waals surface area (Å²) in [7, 11) is 0. The monoisotopic (exact) mass is 344 g/mol. The lowest BCUT2D eigenvalue weighted by Gasteiger charge is -2.23. The fraction of sp³-hybridized carbons (Fsp3) is 0.190. The summed E-state index contributed by atoms with van der Waals surface area (Å²) >= 11 is 0. The van der Waals surface area contributed by atoms with E-state index in [-0.39, 0.29) is 5.91 Å². The van der Waals surface area contributed by atoms with Gasteiger partial charge in [0.05, 0.1) is 0 Å². The zero-order valence-electron chi connectivity index (χ0n) is 14.8. The summed E-state index contributed by atoms with van der Waals surface area (Å²) in [6.45, 7) is 4.17. The van der Waals surface area contributed by atoms with Crippen LogP contribution >= 0.6 is 0 Å². The molecule has 0 bridgehead atoms. The van der Waals surface area contributed by atoms with Gasteiger partial charge in [-0.15, -0.1) is 10.2 Å². The van der Waals surface area contributed by atoms with Crippen molar-refractivity contribution in [3.8, 4) is 0 Å². The predicted octanol–water partition coefficient (Wildman–Crippen LogP) is 4.12. The number of rotatable bonds is 3. The van der Waals surface area contributed by atoms with Gasteiger partial charge in [-0.2, -0.15) is 0 Å². The Bertz CT molecular complexity index is 935. The van der Waals surface area contributed by atoms with E-state index in [1.807, 2.05) is 43.3 Å². The summed E-state index contributed by atoms with van der Waals surface area (Å²) in [5.74, 6) is 0.497. The van der Waals surface area contributed by atoms with E-state index in [0.29, 0.717) is 11.7 Å². The number of amides is 1. The molecule has 5 nitrogen and oxygen atoms in total. The SMILES string of the molecule is Cc1ccc(NC(=O)c2ccc(N3c4ccccc4CC3C)nn2)cc1. The Balaban J connectivity index is 1.53. The van der Waals surface area contributed by atoms with Crippen molar-refractivity contribution < 1.29 is 4.79 Å². The Kier molecular flexibility index (Phi) is 4.13. The summed E-state index contributed by atoms with van der Waals surface area (Å²) in [5.41, 5.74) is 4.66. The van der Waals surface area contributed by atoms with E-state index in [1.165, 1.54) is 5.56 Å². The molecule has 0 spiro atoms. The highest BCUT2D eigenvalue weighted by molar-refractivity contribution is 6.02. The van der Waals surface area contributed by atoms with E-state index in [9.17, 15) is 4.79 Å². The summed E-state index contributed by atoms with van der Waals surface area (Å²) in [6.07, 6.45) is 0.980. The molecule has 26 heavy (non-hydrogen) atoms. The largest absolute Gasteiger partial charge is 0.321 e. The van der Waals surface area contributed by atoms with Crippen LogP contribution in [0.5, 0.6) is 0 Å². The lowest BCUT2D eigenvalue weighted by atomic mass is 10.1. The standard InChI is InChI=1S/C21H20N4O/c1-14-7-9-17(10-8-14)22-21(26)18-11-12-20(24-23-18)25-15(2)13-16-5-3-4-6-19(16)25/h3-12,15H,13H2,1-2H3,(H,22,26). The third-order valence-electron chi connectivity index (χ3n) is 4.65. The van der Waals surface area contributed by atoms with Crippen LogP contribution in [-0.4, -0.2) is 22.1 Å². The van der Waals surface area contributed by atoms with Crippen molar-refractivity contribution >= 4 is 23.1 Å². The molecule has 1 aliphatic rings. The van der Waals surface area contributed by atoms with Gasteiger partial charge in [0.25, 0.3) is 5.91 Å². The maximum absolute atomic E-state index is 12.4. The molecule has 0 fully saturated rings. The van der Waals surface area contributed by atoms with E-state index >= 15 is 0 Å². The van der Waals surface area contributed by atoms with Gasteiger partial charge in [0.15, 0.2) is 11.5 Å². The normalized spacial score (nSPS) is 15.6. The molecule has 1 atom stereocenters. The average Bonchev–Trinajstić information content (AvgIpc) is 2.99. The van der Waals surface area contributed by atoms with E-state index < -0.39 is 0 Å². The van der Waals surface area contributed by atoms with Crippen LogP contribution in [0, 0.1) is 6.92 Å². The maximum Gasteiger partial charge on any atom is 0.276 e. The number of aryl methyl sites for hydroxylation is 1. The first-order valence-corrected chi connectivity index (χ1v) is 8.71. The zero-order chi connectivity index (χ0) is 18.1. The van der Waals surface area contributed by atoms with Gasteiger partial charge in [-0.05, 0) is 56.2 Å². The topological polar surface area (TPSA) is 58.1 Å². The van der Waals surface area contributed by atoms with Gasteiger partial charge >= 0.3 is 0 Å². The molecule has 1 aromatic heterocycles. The highest BCUT2D eigenvalue weighted by Crippen LogP contribution is 2.36. The van der Waals surface area contributed by atoms with Crippen LogP contribution in [0.1, 0.15) is 28.5 Å². The molecule has 130 valence electrons. The van der Waals surface area contributed by atoms with Crippen molar-refractivity contribution in [2.45, 2.75) is 26.3 Å². The Morgan fingerprint density at radius 1 is 1.04 bits per heavy atom. The number of nitrogens with one attached hydrogen (secondary N) is 1. The fourth-order valence-corrected chi connectivity index (χ4v) is 3.32. The number of nitrogens with zero attached hydrogens (tertiary/aromatic N) is 3. The number of benzene rings is 2. The molecular weight excluding hydrogens is 324 g/mol. The number of para-hydroxylation sites is 1. The molecule has 2 heterocycles. The number of fused-ring (bicyclic) bond motifs is 1. The van der Waals surface area contributed by atoms with Crippen molar-refractivity contribution in [2.24, 2.45) is 0 Å². The van der Waals surface area contributed by atoms with Crippen LogP contribution in [-0.2, 0) is 6.42 Å². The average molecular weight is 344 g/mol. The van der Waals surface area contributed by atoms with Crippen LogP contribution in [0.15, 0.2) is 60.7 Å². The molecule has 4 rings (SSSR count). The minimum Gasteiger partial charge on any atom is -0.321 e. The molecule has 1 amide bonds. The van der Waals surface area contributed by atoms with Crippen molar-refractivity contribution in [2.75, 3.05) is 10.2 Å². The fourth-order valence-electron chi connectivity index (χ4n) is 3.32. The summed E-state index contributed by atoms with van der Waals surface area (Å²) < 4.78 is 0. The van der Waals surface area contributed by atoms with Gasteiger partial charge in [0.1, 0.15) is 0 Å². The number of carbonyl (C=O) groups is 1. The van der Waals surface area contributed by atoms with Crippen LogP contribution in [0.25, 0.3) is 0 Å². The summed E-state index contributed by atoms with van der Waals surface area (Å²) in [4.78, 5) is 14.5. The predicted molar refractivity (Wildman–Crippen MR) is 103 cm³/mol. The number of anilines is 3. The lowest BCUT2D eigenvalue weighted by molar-refractivity contribution is 0.102. The van der Waals surface area contributed by atoms with Crippen molar-refractivity contribution in [1.29, 1.82) is 0 Å². The van der Waals surface area contributed by atoms with Gasteiger partial charge in [-0.3, -0.25) is 4.79 Å². The number of aromatic nitrogens is 2. The molecule has 0 aliphatic carbocycles. The highest BCUT2D eigenvalue weighted by atomic mass is 16.1. The number of carbonyl (C=O) groups excluding carboxylic acids is 1. The number of hydrogen-bond donors (Lipinski definition) is 1. The Hall–Kier alpha value is -3.21. The van der Waals surface area contributed by atoms with E-state index in [0.717, 1.165) is 29.2 Å². The number of hydrogen-bond acceptors (Lipinski definition) is 4. The Morgan fingerprint density at radius 2 is 1.81 bits per heavy atom. The first-order chi connectivity index (χ1) is 12.6. The first kappa shape index (κ1) is 16.3. The Labute approximate surface area is 152 Å². The lowest BCUT2D eigenvalue weighted by Crippen LogP contribution is -2.25. The van der Waals surface area contributed by atoms with Crippen LogP contribution in [0.2, 0.25) is 0 Å². The quantitative estimate of drug-likeness (QED) is 0.776. The van der Waals surface area contributed by atoms with Gasteiger partial charge < -0.3 is 10.2 Å². The molecule has 1 N–H and O–H groups in total. The molecule has 0 saturated carbocycles. The Morgan fingerprint density at radius 3 is 2.54 bits per heavy atom. The van der Waals surface area contributed by atoms with Gasteiger partial charge in [-0.1, -0.05) is 35.9 Å². The van der Waals surface area contributed by atoms with Gasteiger partial charge in [0, 0.05) is 17.4 Å². The molecular formula is C21H20N4O. The van der Waals surface area contributed by atoms with Crippen LogP contribution < -0.4 is 10.2 Å². The van der Waals surface area contributed by atoms with E-state index in [1.54, 1.807) is 6.07 Å². The highest BCUT2D eigenvalue weighted by Gasteiger charge is 2.28. The molecule has 0 saturated heterocycles. The van der Waals surface area contributed by atoms with Gasteiger partial charge in [0.2, 0.25) is 0 Å². The summed E-state index contributed by atoms with van der Waals surface area (Å²) in [6, 6.07) is 19.9. The smallest absolute Gasteiger partial charge is 0.276 e. The third-order valence-corrected chi connectivity index (χ3v) is 4.65. The second-order valence-electron chi connectivity index (χ2n) is 6.65. The third kappa shape index (κ3) is 3.04. The molecule has 2 aromatic carbocycles. The minimum atomic E-state index is -0.261. The molecule has 1 aliphatic heterocycles. The maximum atomic E-state index is 12.4. The van der Waals surface area contributed by atoms with Crippen LogP contribution in [0.3, 0.4) is 0 Å². The van der Waals surface area contributed by atoms with Gasteiger partial charge in [-0.25, -0.2) is 0 Å². The van der Waals surface area contributed by atoms with Crippen molar-refractivity contribution in [3.63, 3.8) is 0 Å². The van der Waals surface area contributed by atoms with Crippen LogP contribution in [0.4, 0.5) is 17.2 Å². The molecule has 3 aromatic rings. The van der Waals surface area contributed by atoms with E-state index in [2.05, 4.69) is 45.5 Å². The molecule has 1 unspecified atom stereocenters. The first-order valence-electron chi connectivity index (χ1n) is 8.71. The summed E-state index contributed by atoms with van der Waals surface area (Å²) in [5, 5.41) is 11.3. The second kappa shape index (κ2) is 6.59. The minimum absolute atomic E-state index is 0.261. The van der Waals surface area contributed by atoms with E-state index in [4.69, 9.17) is 0 Å². The zero-order valence-corrected chi connectivity index (χ0v) is 14.8. The molecule has 5 heteroatoms. The second-order valence-corrected chi connectivity index (χ2v) is 6.65. The van der Waals surface area contributed by atoms with Crippen molar-refractivity contribution in [3.05, 3.63) is 77.5 Å².